The first-order valence-electron chi connectivity index (χ1n) is 13.7. The average molecular weight is 581 g/mol. The molecule has 0 unspecified atom stereocenters. The van der Waals surface area contributed by atoms with Crippen LogP contribution in [0.2, 0.25) is 0 Å². The van der Waals surface area contributed by atoms with Crippen molar-refractivity contribution in [2.45, 2.75) is 38.8 Å². The number of methoxy groups -OCH3 is 2. The van der Waals surface area contributed by atoms with Crippen LogP contribution in [0.1, 0.15) is 44.1 Å². The van der Waals surface area contributed by atoms with Gasteiger partial charge in [-0.05, 0) is 59.0 Å². The molecular weight excluding hydrogens is 544 g/mol. The molecule has 4 heterocycles. The van der Waals surface area contributed by atoms with Crippen LogP contribution in [0.4, 0.5) is 5.88 Å². The van der Waals surface area contributed by atoms with Crippen molar-refractivity contribution in [1.29, 1.82) is 0 Å². The number of piperidine rings is 1. The van der Waals surface area contributed by atoms with Crippen molar-refractivity contribution in [2.24, 2.45) is 4.99 Å². The molecule has 0 saturated carbocycles. The zero-order chi connectivity index (χ0) is 29.3. The van der Waals surface area contributed by atoms with Crippen LogP contribution in [-0.4, -0.2) is 69.5 Å². The number of benzene rings is 1. The molecule has 0 amide bonds. The Kier molecular flexibility index (Phi) is 8.37. The summed E-state index contributed by atoms with van der Waals surface area (Å²) in [5.74, 6) is 1.92. The Labute approximate surface area is 242 Å². The van der Waals surface area contributed by atoms with Crippen molar-refractivity contribution in [1.82, 2.24) is 9.47 Å². The van der Waals surface area contributed by atoms with Gasteiger partial charge in [0.25, 0.3) is 5.56 Å². The Hall–Kier alpha value is -3.83. The topological polar surface area (TPSA) is 98.7 Å². The van der Waals surface area contributed by atoms with Gasteiger partial charge in [-0.1, -0.05) is 11.3 Å². The summed E-state index contributed by atoms with van der Waals surface area (Å²) in [5, 5.41) is 0. The third-order valence-electron chi connectivity index (χ3n) is 7.64. The number of nitrogens with zero attached hydrogens (tertiary/aromatic N) is 4. The van der Waals surface area contributed by atoms with E-state index >= 15 is 0 Å². The lowest BCUT2D eigenvalue weighted by Crippen LogP contribution is -2.41. The van der Waals surface area contributed by atoms with E-state index in [9.17, 15) is 9.59 Å². The van der Waals surface area contributed by atoms with Gasteiger partial charge in [-0.25, -0.2) is 9.79 Å². The molecule has 3 aromatic rings. The van der Waals surface area contributed by atoms with Crippen LogP contribution in [0.25, 0.3) is 6.08 Å². The molecule has 41 heavy (non-hydrogen) atoms. The van der Waals surface area contributed by atoms with E-state index < -0.39 is 12.0 Å². The van der Waals surface area contributed by atoms with Gasteiger partial charge < -0.3 is 28.4 Å². The number of allylic oxidation sites excluding steroid dienone is 1. The van der Waals surface area contributed by atoms with E-state index in [4.69, 9.17) is 18.6 Å². The number of ether oxygens (including phenoxy) is 3. The largest absolute Gasteiger partial charge is 0.497 e. The summed E-state index contributed by atoms with van der Waals surface area (Å²) in [5.41, 5.74) is 1.12. The lowest BCUT2D eigenvalue weighted by molar-refractivity contribution is -0.139. The number of fused-ring (bicyclic) bond motifs is 1. The summed E-state index contributed by atoms with van der Waals surface area (Å²) in [4.78, 5) is 36.8. The molecule has 0 N–H and O–H groups in total. The van der Waals surface area contributed by atoms with Gasteiger partial charge in [0, 0.05) is 42.9 Å². The molecule has 11 heteroatoms. The highest BCUT2D eigenvalue weighted by Gasteiger charge is 2.35. The van der Waals surface area contributed by atoms with Crippen molar-refractivity contribution in [3.63, 3.8) is 0 Å². The second-order valence-corrected chi connectivity index (χ2v) is 11.3. The summed E-state index contributed by atoms with van der Waals surface area (Å²) in [6.45, 7) is 5.52. The number of thiazole rings is 1. The van der Waals surface area contributed by atoms with Gasteiger partial charge in [0.05, 0.1) is 36.6 Å². The fourth-order valence-electron chi connectivity index (χ4n) is 5.45. The smallest absolute Gasteiger partial charge is 0.338 e. The molecular formula is C30H36N4O6S. The van der Waals surface area contributed by atoms with Crippen LogP contribution < -0.4 is 29.3 Å². The van der Waals surface area contributed by atoms with Crippen LogP contribution in [0, 0.1) is 0 Å². The predicted molar refractivity (Wildman–Crippen MR) is 158 cm³/mol. The minimum atomic E-state index is -0.793. The maximum atomic E-state index is 14.0. The molecule has 2 aliphatic heterocycles. The van der Waals surface area contributed by atoms with Gasteiger partial charge in [-0.2, -0.15) is 0 Å². The highest BCUT2D eigenvalue weighted by molar-refractivity contribution is 7.07. The molecule has 10 nitrogen and oxygen atoms in total. The summed E-state index contributed by atoms with van der Waals surface area (Å²) in [6.07, 6.45) is 3.88. The fourth-order valence-corrected chi connectivity index (χ4v) is 6.48. The highest BCUT2D eigenvalue weighted by Crippen LogP contribution is 2.37. The SMILES string of the molecule is CCOC(=O)C1=C(C)N=c2s/c(=C\c3ccc(N4CCC(N(C)C)CC4)o3)c(=O)n2[C@@H]1c1ccc(OC)cc1OC. The maximum Gasteiger partial charge on any atom is 0.338 e. The first-order chi connectivity index (χ1) is 19.7. The second kappa shape index (κ2) is 12.0. The van der Waals surface area contributed by atoms with E-state index in [1.54, 1.807) is 52.3 Å². The number of carbonyl (C=O) groups excluding carboxylic acids is 1. The quantitative estimate of drug-likeness (QED) is 0.375. The van der Waals surface area contributed by atoms with Crippen molar-refractivity contribution in [3.05, 3.63) is 72.6 Å². The van der Waals surface area contributed by atoms with E-state index in [1.165, 1.54) is 15.9 Å². The molecule has 0 radical (unpaired) electrons. The minimum absolute atomic E-state index is 0.195. The molecule has 5 rings (SSSR count). The number of aromatic nitrogens is 1. The molecule has 2 aliphatic rings. The third kappa shape index (κ3) is 5.56. The number of carbonyl (C=O) groups is 1. The zero-order valence-corrected chi connectivity index (χ0v) is 25.1. The Morgan fingerprint density at radius 2 is 1.93 bits per heavy atom. The van der Waals surface area contributed by atoms with Gasteiger partial charge in [-0.3, -0.25) is 9.36 Å². The Balaban J connectivity index is 1.57. The summed E-state index contributed by atoms with van der Waals surface area (Å²) < 4.78 is 24.6. The fraction of sp³-hybridized carbons (Fsp3) is 0.433. The normalized spacial score (nSPS) is 18.0. The van der Waals surface area contributed by atoms with E-state index in [1.807, 2.05) is 12.1 Å². The number of hydrogen-bond acceptors (Lipinski definition) is 10. The number of anilines is 1. The molecule has 0 aliphatic carbocycles. The lowest BCUT2D eigenvalue weighted by Gasteiger charge is -2.35. The average Bonchev–Trinajstić information content (AvgIpc) is 3.56. The molecule has 0 spiro atoms. The van der Waals surface area contributed by atoms with Crippen LogP contribution in [-0.2, 0) is 9.53 Å². The van der Waals surface area contributed by atoms with Crippen molar-refractivity contribution in [2.75, 3.05) is 52.9 Å². The summed E-state index contributed by atoms with van der Waals surface area (Å²) in [6, 6.07) is 8.92. The Morgan fingerprint density at radius 3 is 2.59 bits per heavy atom. The predicted octanol–water partition coefficient (Wildman–Crippen LogP) is 2.94. The molecule has 1 atom stereocenters. The van der Waals surface area contributed by atoms with Crippen LogP contribution in [0.5, 0.6) is 11.5 Å². The first-order valence-corrected chi connectivity index (χ1v) is 14.5. The zero-order valence-electron chi connectivity index (χ0n) is 24.3. The molecule has 1 aromatic carbocycles. The first kappa shape index (κ1) is 28.7. The maximum absolute atomic E-state index is 14.0. The van der Waals surface area contributed by atoms with E-state index in [2.05, 4.69) is 28.9 Å². The lowest BCUT2D eigenvalue weighted by atomic mass is 9.95. The van der Waals surface area contributed by atoms with Gasteiger partial charge in [-0.15, -0.1) is 0 Å². The van der Waals surface area contributed by atoms with Crippen LogP contribution >= 0.6 is 11.3 Å². The molecule has 218 valence electrons. The van der Waals surface area contributed by atoms with E-state index in [0.29, 0.717) is 43.9 Å². The second-order valence-electron chi connectivity index (χ2n) is 10.3. The Morgan fingerprint density at radius 1 is 1.17 bits per heavy atom. The number of hydrogen-bond donors (Lipinski definition) is 0. The van der Waals surface area contributed by atoms with Gasteiger partial charge >= 0.3 is 5.97 Å². The highest BCUT2D eigenvalue weighted by atomic mass is 32.1. The number of furan rings is 1. The Bertz CT molecular complexity index is 1640. The third-order valence-corrected chi connectivity index (χ3v) is 8.63. The standard InChI is InChI=1S/C30H36N4O6S/c1-7-39-29(36)26-18(2)31-30-34(27(26)22-10-8-20(37-5)16-23(22)38-6)28(35)24(41-30)17-21-9-11-25(40-21)33-14-12-19(13-15-33)32(3)4/h8-11,16-17,19,27H,7,12-15H2,1-6H3/b24-17-/t27-/m1/s1. The van der Waals surface area contributed by atoms with Crippen molar-refractivity contribution in [3.8, 4) is 11.5 Å². The van der Waals surface area contributed by atoms with Crippen LogP contribution in [0.3, 0.4) is 0 Å². The summed E-state index contributed by atoms with van der Waals surface area (Å²) in [7, 11) is 7.35. The molecule has 0 bridgehead atoms. The summed E-state index contributed by atoms with van der Waals surface area (Å²) >= 11 is 1.25. The van der Waals surface area contributed by atoms with Gasteiger partial charge in [0.2, 0.25) is 0 Å². The molecule has 1 saturated heterocycles. The monoisotopic (exact) mass is 580 g/mol. The van der Waals surface area contributed by atoms with E-state index in [0.717, 1.165) is 31.8 Å². The van der Waals surface area contributed by atoms with Crippen LogP contribution in [0.15, 0.2) is 55.8 Å². The number of rotatable bonds is 8. The minimum Gasteiger partial charge on any atom is -0.497 e. The van der Waals surface area contributed by atoms with Crippen molar-refractivity contribution >= 4 is 29.3 Å². The van der Waals surface area contributed by atoms with Gasteiger partial charge in [0.15, 0.2) is 10.7 Å². The van der Waals surface area contributed by atoms with Crippen molar-refractivity contribution < 1.29 is 23.4 Å². The van der Waals surface area contributed by atoms with E-state index in [-0.39, 0.29) is 17.7 Å². The molecule has 2 aromatic heterocycles. The number of esters is 1. The van der Waals surface area contributed by atoms with Gasteiger partial charge in [0.1, 0.15) is 23.3 Å². The molecule has 1 fully saturated rings.